The number of hydrogen-bond donors (Lipinski definition) is 1. The van der Waals surface area contributed by atoms with Crippen LogP contribution >= 0.6 is 11.8 Å². The summed E-state index contributed by atoms with van der Waals surface area (Å²) in [7, 11) is 0. The van der Waals surface area contributed by atoms with Crippen molar-refractivity contribution in [1.82, 2.24) is 24.5 Å². The molecule has 0 unspecified atom stereocenters. The number of hydrogen-bond acceptors (Lipinski definition) is 5. The van der Waals surface area contributed by atoms with E-state index in [1.54, 1.807) is 4.57 Å². The van der Waals surface area contributed by atoms with Crippen LogP contribution in [0.5, 0.6) is 0 Å². The normalized spacial score (nSPS) is 11.3. The minimum absolute atomic E-state index is 0.0322. The zero-order valence-corrected chi connectivity index (χ0v) is 19.4. The minimum atomic E-state index is -0.136. The summed E-state index contributed by atoms with van der Waals surface area (Å²) in [6, 6.07) is 13.4. The van der Waals surface area contributed by atoms with Gasteiger partial charge in [-0.05, 0) is 43.5 Å². The highest BCUT2D eigenvalue weighted by Crippen LogP contribution is 2.25. The number of unbranched alkanes of at least 4 members (excludes halogenated alkanes) is 2. The van der Waals surface area contributed by atoms with Gasteiger partial charge in [0.2, 0.25) is 11.7 Å². The smallest absolute Gasteiger partial charge is 0.267 e. The fourth-order valence-electron chi connectivity index (χ4n) is 3.92. The molecule has 4 aromatic rings. The monoisotopic (exact) mass is 449 g/mol. The number of carbonyl (C=O) groups is 1. The average Bonchev–Trinajstić information content (AvgIpc) is 3.21. The first kappa shape index (κ1) is 22.1. The lowest BCUT2D eigenvalue weighted by Crippen LogP contribution is -2.26. The summed E-state index contributed by atoms with van der Waals surface area (Å²) in [6.07, 6.45) is 3.20. The number of carbonyl (C=O) groups excluding carboxylic acids is 1. The molecule has 0 atom stereocenters. The van der Waals surface area contributed by atoms with E-state index in [0.717, 1.165) is 41.6 Å². The third kappa shape index (κ3) is 4.14. The van der Waals surface area contributed by atoms with Crippen LogP contribution < -0.4 is 10.9 Å². The standard InChI is InChI=1S/C24H27N5O2S/c1-4-5-8-14-25-20(30)15-32-24-27-26-23-28(24)19-13-7-6-12-18(19)22(31)29(23)21-16(2)10-9-11-17(21)3/h6-7,9-13H,4-5,8,14-15H2,1-3H3,(H,25,30). The molecule has 2 aromatic carbocycles. The second-order valence-electron chi connectivity index (χ2n) is 7.86. The van der Waals surface area contributed by atoms with Gasteiger partial charge in [-0.1, -0.05) is 61.9 Å². The van der Waals surface area contributed by atoms with Gasteiger partial charge in [0.25, 0.3) is 5.56 Å². The van der Waals surface area contributed by atoms with E-state index in [4.69, 9.17) is 0 Å². The summed E-state index contributed by atoms with van der Waals surface area (Å²) in [6.45, 7) is 6.78. The Morgan fingerprint density at radius 3 is 2.53 bits per heavy atom. The first-order valence-electron chi connectivity index (χ1n) is 10.9. The molecule has 1 amide bonds. The van der Waals surface area contributed by atoms with E-state index in [0.29, 0.717) is 22.9 Å². The highest BCUT2D eigenvalue weighted by molar-refractivity contribution is 7.99. The number of nitrogens with one attached hydrogen (secondary N) is 1. The van der Waals surface area contributed by atoms with Gasteiger partial charge in [-0.25, -0.2) is 4.57 Å². The van der Waals surface area contributed by atoms with Crippen LogP contribution in [0.4, 0.5) is 0 Å². The van der Waals surface area contributed by atoms with Crippen LogP contribution in [0.15, 0.2) is 52.4 Å². The Morgan fingerprint density at radius 1 is 1.03 bits per heavy atom. The van der Waals surface area contributed by atoms with Crippen molar-refractivity contribution >= 4 is 34.3 Å². The Bertz CT molecular complexity index is 1320. The van der Waals surface area contributed by atoms with Gasteiger partial charge in [0, 0.05) is 6.54 Å². The van der Waals surface area contributed by atoms with Crippen LogP contribution in [-0.2, 0) is 4.79 Å². The SMILES string of the molecule is CCCCCNC(=O)CSc1nnc2n(-c3c(C)cccc3C)c(=O)c3ccccc3n12. The van der Waals surface area contributed by atoms with Gasteiger partial charge < -0.3 is 5.32 Å². The number of nitrogens with zero attached hydrogens (tertiary/aromatic N) is 4. The number of benzene rings is 2. The van der Waals surface area contributed by atoms with Gasteiger partial charge in [-0.3, -0.25) is 14.0 Å². The van der Waals surface area contributed by atoms with E-state index in [9.17, 15) is 9.59 Å². The quantitative estimate of drug-likeness (QED) is 0.324. The van der Waals surface area contributed by atoms with E-state index in [-0.39, 0.29) is 17.2 Å². The largest absolute Gasteiger partial charge is 0.355 e. The molecular formula is C24H27N5O2S. The van der Waals surface area contributed by atoms with Crippen molar-refractivity contribution in [3.05, 3.63) is 63.9 Å². The maximum Gasteiger partial charge on any atom is 0.267 e. The highest BCUT2D eigenvalue weighted by Gasteiger charge is 2.20. The molecule has 0 aliphatic heterocycles. The summed E-state index contributed by atoms with van der Waals surface area (Å²) >= 11 is 1.32. The molecule has 2 aromatic heterocycles. The molecule has 1 N–H and O–H groups in total. The van der Waals surface area contributed by atoms with Gasteiger partial charge in [0.1, 0.15) is 0 Å². The van der Waals surface area contributed by atoms with Crippen LogP contribution in [-0.4, -0.2) is 37.4 Å². The first-order valence-corrected chi connectivity index (χ1v) is 11.9. The molecular weight excluding hydrogens is 422 g/mol. The molecule has 0 saturated heterocycles. The van der Waals surface area contributed by atoms with Crippen LogP contribution in [0.2, 0.25) is 0 Å². The van der Waals surface area contributed by atoms with Gasteiger partial charge in [0.15, 0.2) is 5.16 Å². The molecule has 8 heteroatoms. The molecule has 0 aliphatic rings. The molecule has 0 bridgehead atoms. The van der Waals surface area contributed by atoms with Crippen LogP contribution in [0, 0.1) is 13.8 Å². The third-order valence-electron chi connectivity index (χ3n) is 5.49. The zero-order chi connectivity index (χ0) is 22.7. The van der Waals surface area contributed by atoms with Crippen molar-refractivity contribution < 1.29 is 4.79 Å². The predicted molar refractivity (Wildman–Crippen MR) is 129 cm³/mol. The number of aromatic nitrogens is 4. The molecule has 4 rings (SSSR count). The van der Waals surface area contributed by atoms with Crippen LogP contribution in [0.3, 0.4) is 0 Å². The van der Waals surface area contributed by atoms with E-state index in [1.165, 1.54) is 11.8 Å². The highest BCUT2D eigenvalue weighted by atomic mass is 32.2. The van der Waals surface area contributed by atoms with E-state index >= 15 is 0 Å². The molecule has 0 radical (unpaired) electrons. The van der Waals surface area contributed by atoms with Crippen molar-refractivity contribution in [1.29, 1.82) is 0 Å². The van der Waals surface area contributed by atoms with E-state index in [1.807, 2.05) is 60.7 Å². The van der Waals surface area contributed by atoms with E-state index in [2.05, 4.69) is 22.4 Å². The van der Waals surface area contributed by atoms with E-state index < -0.39 is 0 Å². The Hall–Kier alpha value is -3.13. The summed E-state index contributed by atoms with van der Waals surface area (Å²) in [5, 5.41) is 12.8. The van der Waals surface area contributed by atoms with Gasteiger partial charge >= 0.3 is 0 Å². The Labute approximate surface area is 190 Å². The minimum Gasteiger partial charge on any atom is -0.355 e. The third-order valence-corrected chi connectivity index (χ3v) is 6.42. The maximum atomic E-state index is 13.5. The predicted octanol–water partition coefficient (Wildman–Crippen LogP) is 4.05. The number of para-hydroxylation sites is 2. The molecule has 0 fully saturated rings. The van der Waals surface area contributed by atoms with Crippen molar-refractivity contribution in [2.45, 2.75) is 45.2 Å². The van der Waals surface area contributed by atoms with Gasteiger partial charge in [-0.15, -0.1) is 10.2 Å². The van der Waals surface area contributed by atoms with Crippen molar-refractivity contribution in [3.63, 3.8) is 0 Å². The molecule has 0 aliphatic carbocycles. The second kappa shape index (κ2) is 9.56. The lowest BCUT2D eigenvalue weighted by atomic mass is 10.1. The summed E-state index contributed by atoms with van der Waals surface area (Å²) in [5.41, 5.74) is 3.36. The number of fused-ring (bicyclic) bond motifs is 3. The Kier molecular flexibility index (Phi) is 6.60. The maximum absolute atomic E-state index is 13.5. The fraction of sp³-hybridized carbons (Fsp3) is 0.333. The molecule has 2 heterocycles. The Morgan fingerprint density at radius 2 is 1.78 bits per heavy atom. The van der Waals surface area contributed by atoms with Gasteiger partial charge in [-0.2, -0.15) is 0 Å². The lowest BCUT2D eigenvalue weighted by Gasteiger charge is -2.15. The number of aryl methyl sites for hydroxylation is 2. The second-order valence-corrected chi connectivity index (χ2v) is 8.80. The number of rotatable bonds is 8. The summed E-state index contributed by atoms with van der Waals surface area (Å²) in [4.78, 5) is 25.8. The molecule has 32 heavy (non-hydrogen) atoms. The number of thioether (sulfide) groups is 1. The fourth-order valence-corrected chi connectivity index (χ4v) is 4.69. The number of amides is 1. The average molecular weight is 450 g/mol. The van der Waals surface area contributed by atoms with Crippen molar-refractivity contribution in [2.75, 3.05) is 12.3 Å². The molecule has 7 nitrogen and oxygen atoms in total. The van der Waals surface area contributed by atoms with Crippen molar-refractivity contribution in [3.8, 4) is 5.69 Å². The first-order chi connectivity index (χ1) is 15.5. The Balaban J connectivity index is 1.79. The lowest BCUT2D eigenvalue weighted by molar-refractivity contribution is -0.118. The molecule has 0 saturated carbocycles. The molecule has 0 spiro atoms. The summed E-state index contributed by atoms with van der Waals surface area (Å²) < 4.78 is 3.51. The molecule has 166 valence electrons. The summed E-state index contributed by atoms with van der Waals surface area (Å²) in [5.74, 6) is 0.649. The zero-order valence-electron chi connectivity index (χ0n) is 18.6. The van der Waals surface area contributed by atoms with Crippen LogP contribution in [0.25, 0.3) is 22.4 Å². The topological polar surface area (TPSA) is 81.3 Å². The van der Waals surface area contributed by atoms with Gasteiger partial charge in [0.05, 0.1) is 22.3 Å². The van der Waals surface area contributed by atoms with Crippen molar-refractivity contribution in [2.24, 2.45) is 0 Å². The van der Waals surface area contributed by atoms with Crippen LogP contribution in [0.1, 0.15) is 37.3 Å².